The van der Waals surface area contributed by atoms with Gasteiger partial charge in [-0.25, -0.2) is 4.79 Å². The van der Waals surface area contributed by atoms with Gasteiger partial charge in [-0.05, 0) is 12.3 Å². The first-order valence-electron chi connectivity index (χ1n) is 4.18. The summed E-state index contributed by atoms with van der Waals surface area (Å²) in [5.41, 5.74) is 0. The van der Waals surface area contributed by atoms with Gasteiger partial charge in [0, 0.05) is 13.1 Å². The van der Waals surface area contributed by atoms with E-state index in [1.807, 2.05) is 0 Å². The number of ether oxygens (including phenoxy) is 1. The van der Waals surface area contributed by atoms with Crippen LogP contribution in [0.2, 0.25) is 0 Å². The van der Waals surface area contributed by atoms with Gasteiger partial charge in [-0.15, -0.1) is 0 Å². The highest BCUT2D eigenvalue weighted by atomic mass is 16.5. The van der Waals surface area contributed by atoms with E-state index in [0.29, 0.717) is 19.5 Å². The molecule has 1 heterocycles. The van der Waals surface area contributed by atoms with Crippen molar-refractivity contribution in [2.24, 2.45) is 5.92 Å². The fraction of sp³-hybridized carbons (Fsp3) is 0.750. The molecule has 0 saturated carbocycles. The summed E-state index contributed by atoms with van der Waals surface area (Å²) < 4.78 is 4.50. The highest BCUT2D eigenvalue weighted by Crippen LogP contribution is 2.19. The quantitative estimate of drug-likeness (QED) is 0.641. The molecule has 1 aliphatic rings. The Kier molecular flexibility index (Phi) is 3.11. The summed E-state index contributed by atoms with van der Waals surface area (Å²) in [5.74, 6) is -0.138. The predicted octanol–water partition coefficient (Wildman–Crippen LogP) is 0.549. The van der Waals surface area contributed by atoms with E-state index >= 15 is 0 Å². The van der Waals surface area contributed by atoms with Gasteiger partial charge >= 0.3 is 12.1 Å². The molecule has 0 radical (unpaired) electrons. The van der Waals surface area contributed by atoms with E-state index in [-0.39, 0.29) is 11.9 Å². The molecule has 1 aliphatic heterocycles. The Balaban J connectivity index is 2.33. The van der Waals surface area contributed by atoms with Gasteiger partial charge in [-0.1, -0.05) is 0 Å². The Morgan fingerprint density at radius 2 is 2.31 bits per heavy atom. The number of hydrogen-bond donors (Lipinski definition) is 1. The second kappa shape index (κ2) is 4.11. The molecular formula is C8H13NO4. The number of likely N-dealkylation sites (tertiary alicyclic amines) is 1. The average molecular weight is 187 g/mol. The number of esters is 1. The third kappa shape index (κ3) is 2.61. The monoisotopic (exact) mass is 187 g/mol. The molecule has 1 rings (SSSR count). The Morgan fingerprint density at radius 1 is 1.62 bits per heavy atom. The minimum absolute atomic E-state index is 0.128. The topological polar surface area (TPSA) is 66.8 Å². The molecule has 5 nitrogen and oxygen atoms in total. The van der Waals surface area contributed by atoms with Crippen LogP contribution < -0.4 is 0 Å². The van der Waals surface area contributed by atoms with Crippen molar-refractivity contribution in [2.75, 3.05) is 20.2 Å². The Bertz CT molecular complexity index is 216. The van der Waals surface area contributed by atoms with E-state index in [1.54, 1.807) is 0 Å². The minimum Gasteiger partial charge on any atom is -0.469 e. The number of amides is 1. The first-order valence-corrected chi connectivity index (χ1v) is 4.18. The fourth-order valence-corrected chi connectivity index (χ4v) is 1.49. The summed E-state index contributed by atoms with van der Waals surface area (Å²) in [6.07, 6.45) is 0.161. The first kappa shape index (κ1) is 9.83. The summed E-state index contributed by atoms with van der Waals surface area (Å²) >= 11 is 0. The second-order valence-corrected chi connectivity index (χ2v) is 3.16. The third-order valence-corrected chi connectivity index (χ3v) is 2.24. The highest BCUT2D eigenvalue weighted by molar-refractivity contribution is 5.70. The molecule has 74 valence electrons. The molecule has 1 N–H and O–H groups in total. The lowest BCUT2D eigenvalue weighted by Gasteiger charge is -2.10. The average Bonchev–Trinajstić information content (AvgIpc) is 2.52. The number of carbonyl (C=O) groups is 2. The van der Waals surface area contributed by atoms with Gasteiger partial charge in [-0.3, -0.25) is 4.79 Å². The van der Waals surface area contributed by atoms with E-state index in [1.165, 1.54) is 12.0 Å². The number of methoxy groups -OCH3 is 1. The van der Waals surface area contributed by atoms with E-state index in [4.69, 9.17) is 5.11 Å². The van der Waals surface area contributed by atoms with Crippen molar-refractivity contribution >= 4 is 12.1 Å². The Hall–Kier alpha value is -1.26. The summed E-state index contributed by atoms with van der Waals surface area (Å²) in [6, 6.07) is 0. The van der Waals surface area contributed by atoms with E-state index < -0.39 is 6.09 Å². The summed E-state index contributed by atoms with van der Waals surface area (Å²) in [5, 5.41) is 8.63. The molecule has 0 aliphatic carbocycles. The van der Waals surface area contributed by atoms with Crippen LogP contribution >= 0.6 is 0 Å². The maximum Gasteiger partial charge on any atom is 0.407 e. The van der Waals surface area contributed by atoms with Crippen LogP contribution in [0.25, 0.3) is 0 Å². The van der Waals surface area contributed by atoms with Crippen LogP contribution in [0.5, 0.6) is 0 Å². The van der Waals surface area contributed by atoms with Crippen molar-refractivity contribution in [1.82, 2.24) is 4.90 Å². The van der Waals surface area contributed by atoms with Crippen LogP contribution in [-0.2, 0) is 9.53 Å². The maximum atomic E-state index is 10.9. The molecular weight excluding hydrogens is 174 g/mol. The predicted molar refractivity (Wildman–Crippen MR) is 44.3 cm³/mol. The molecule has 1 amide bonds. The van der Waals surface area contributed by atoms with Crippen molar-refractivity contribution in [3.8, 4) is 0 Å². The van der Waals surface area contributed by atoms with Crippen molar-refractivity contribution < 1.29 is 19.4 Å². The first-order chi connectivity index (χ1) is 6.13. The molecule has 13 heavy (non-hydrogen) atoms. The minimum atomic E-state index is -0.910. The number of carbonyl (C=O) groups excluding carboxylic acids is 1. The number of rotatable bonds is 2. The van der Waals surface area contributed by atoms with E-state index in [2.05, 4.69) is 4.74 Å². The largest absolute Gasteiger partial charge is 0.469 e. The van der Waals surface area contributed by atoms with Crippen molar-refractivity contribution in [2.45, 2.75) is 12.8 Å². The fourth-order valence-electron chi connectivity index (χ4n) is 1.49. The molecule has 1 fully saturated rings. The van der Waals surface area contributed by atoms with Gasteiger partial charge in [0.25, 0.3) is 0 Å². The summed E-state index contributed by atoms with van der Waals surface area (Å²) in [4.78, 5) is 22.7. The van der Waals surface area contributed by atoms with Gasteiger partial charge in [-0.2, -0.15) is 0 Å². The smallest absolute Gasteiger partial charge is 0.407 e. The Labute approximate surface area is 76.3 Å². The molecule has 1 atom stereocenters. The molecule has 0 aromatic heterocycles. The van der Waals surface area contributed by atoms with Crippen LogP contribution in [0.4, 0.5) is 4.79 Å². The van der Waals surface area contributed by atoms with Gasteiger partial charge in [0.2, 0.25) is 0 Å². The van der Waals surface area contributed by atoms with Crippen LogP contribution in [0.15, 0.2) is 0 Å². The van der Waals surface area contributed by atoms with Crippen LogP contribution in [0.1, 0.15) is 12.8 Å². The van der Waals surface area contributed by atoms with Crippen molar-refractivity contribution in [3.63, 3.8) is 0 Å². The molecule has 0 bridgehead atoms. The number of hydrogen-bond acceptors (Lipinski definition) is 3. The molecule has 0 spiro atoms. The summed E-state index contributed by atoms with van der Waals surface area (Å²) in [7, 11) is 1.34. The maximum absolute atomic E-state index is 10.9. The third-order valence-electron chi connectivity index (χ3n) is 2.24. The highest BCUT2D eigenvalue weighted by Gasteiger charge is 2.27. The van der Waals surface area contributed by atoms with E-state index in [9.17, 15) is 9.59 Å². The zero-order valence-electron chi connectivity index (χ0n) is 7.52. The van der Waals surface area contributed by atoms with E-state index in [0.717, 1.165) is 6.42 Å². The molecule has 0 unspecified atom stereocenters. The number of carboxylic acid groups (broad SMARTS) is 1. The van der Waals surface area contributed by atoms with Gasteiger partial charge in [0.05, 0.1) is 13.5 Å². The Morgan fingerprint density at radius 3 is 2.77 bits per heavy atom. The zero-order valence-corrected chi connectivity index (χ0v) is 7.52. The lowest BCUT2D eigenvalue weighted by molar-refractivity contribution is -0.141. The van der Waals surface area contributed by atoms with Gasteiger partial charge < -0.3 is 14.7 Å². The standard InChI is InChI=1S/C8H13NO4/c1-13-7(10)4-6-2-3-9(5-6)8(11)12/h6H,2-5H2,1H3,(H,11,12)/t6-/m0/s1. The molecule has 1 saturated heterocycles. The van der Waals surface area contributed by atoms with Crippen molar-refractivity contribution in [1.29, 1.82) is 0 Å². The van der Waals surface area contributed by atoms with Crippen LogP contribution in [-0.4, -0.2) is 42.3 Å². The molecule has 5 heteroatoms. The van der Waals surface area contributed by atoms with Gasteiger partial charge in [0.1, 0.15) is 0 Å². The van der Waals surface area contributed by atoms with Crippen LogP contribution in [0.3, 0.4) is 0 Å². The van der Waals surface area contributed by atoms with Crippen molar-refractivity contribution in [3.05, 3.63) is 0 Å². The number of nitrogens with zero attached hydrogens (tertiary/aromatic N) is 1. The van der Waals surface area contributed by atoms with Crippen LogP contribution in [0, 0.1) is 5.92 Å². The second-order valence-electron chi connectivity index (χ2n) is 3.16. The zero-order chi connectivity index (χ0) is 9.84. The lowest BCUT2D eigenvalue weighted by Crippen LogP contribution is -2.27. The molecule has 0 aromatic carbocycles. The normalized spacial score (nSPS) is 21.6. The summed E-state index contributed by atoms with van der Waals surface area (Å²) in [6.45, 7) is 0.974. The van der Waals surface area contributed by atoms with Gasteiger partial charge in [0.15, 0.2) is 0 Å². The SMILES string of the molecule is COC(=O)C[C@@H]1CCN(C(=O)O)C1. The molecule has 0 aromatic rings. The lowest BCUT2D eigenvalue weighted by atomic mass is 10.1.